The summed E-state index contributed by atoms with van der Waals surface area (Å²) in [5.74, 6) is 0. The molecule has 0 fully saturated rings. The molecule has 0 aliphatic heterocycles. The molecule has 5 heteroatoms. The summed E-state index contributed by atoms with van der Waals surface area (Å²) in [5.41, 5.74) is 2.33. The first-order valence-corrected chi connectivity index (χ1v) is 5.70. The van der Waals surface area contributed by atoms with Crippen molar-refractivity contribution in [1.82, 2.24) is 4.90 Å². The highest BCUT2D eigenvalue weighted by molar-refractivity contribution is 5.85. The number of nitrogens with zero attached hydrogens (tertiary/aromatic N) is 2. The normalized spacial score (nSPS) is 17.8. The Morgan fingerprint density at radius 3 is 2.72 bits per heavy atom. The number of nitro groups is 1. The molecule has 4 nitrogen and oxygen atoms in total. The highest BCUT2D eigenvalue weighted by Gasteiger charge is 2.15. The van der Waals surface area contributed by atoms with Gasteiger partial charge in [0.2, 0.25) is 0 Å². The summed E-state index contributed by atoms with van der Waals surface area (Å²) in [6, 6.07) is 5.52. The standard InChI is InChI=1S/C13H16N2O2.ClH/c1-14(2)12-6-3-10-4-8-13(15(16)17)9-11(10)5-7-12;/h4-5,7-9,12H,3,6H2,1-2H3;1H. The molecule has 0 N–H and O–H groups in total. The van der Waals surface area contributed by atoms with E-state index in [0.717, 1.165) is 18.4 Å². The fourth-order valence-corrected chi connectivity index (χ4v) is 2.12. The molecule has 0 spiro atoms. The summed E-state index contributed by atoms with van der Waals surface area (Å²) >= 11 is 0. The summed E-state index contributed by atoms with van der Waals surface area (Å²) in [5, 5.41) is 10.7. The van der Waals surface area contributed by atoms with Crippen molar-refractivity contribution >= 4 is 24.2 Å². The van der Waals surface area contributed by atoms with Crippen LogP contribution in [-0.2, 0) is 6.42 Å². The van der Waals surface area contributed by atoms with Crippen LogP contribution in [0.4, 0.5) is 5.69 Å². The van der Waals surface area contributed by atoms with Gasteiger partial charge >= 0.3 is 0 Å². The summed E-state index contributed by atoms with van der Waals surface area (Å²) in [6.07, 6.45) is 6.13. The largest absolute Gasteiger partial charge is 0.303 e. The zero-order valence-electron chi connectivity index (χ0n) is 10.5. The van der Waals surface area contributed by atoms with Crippen molar-refractivity contribution in [2.45, 2.75) is 18.9 Å². The quantitative estimate of drug-likeness (QED) is 0.612. The number of rotatable bonds is 2. The molecule has 0 amide bonds. The van der Waals surface area contributed by atoms with E-state index < -0.39 is 0 Å². The average molecular weight is 269 g/mol. The fraction of sp³-hybridized carbons (Fsp3) is 0.385. The minimum atomic E-state index is -0.345. The third-order valence-electron chi connectivity index (χ3n) is 3.21. The van der Waals surface area contributed by atoms with Crippen LogP contribution in [0.5, 0.6) is 0 Å². The van der Waals surface area contributed by atoms with Crippen LogP contribution in [0, 0.1) is 10.1 Å². The zero-order chi connectivity index (χ0) is 12.4. The average Bonchev–Trinajstić information content (AvgIpc) is 2.50. The Hall–Kier alpha value is -1.39. The Balaban J connectivity index is 0.00000162. The molecule has 2 rings (SSSR count). The fourth-order valence-electron chi connectivity index (χ4n) is 2.12. The molecule has 1 atom stereocenters. The van der Waals surface area contributed by atoms with Gasteiger partial charge in [0.25, 0.3) is 5.69 Å². The summed E-state index contributed by atoms with van der Waals surface area (Å²) in [7, 11) is 4.10. The van der Waals surface area contributed by atoms with E-state index in [1.807, 2.05) is 26.2 Å². The molecule has 1 aliphatic carbocycles. The highest BCUT2D eigenvalue weighted by Crippen LogP contribution is 2.24. The van der Waals surface area contributed by atoms with Gasteiger partial charge in [-0.25, -0.2) is 0 Å². The predicted octanol–water partition coefficient (Wildman–Crippen LogP) is 2.91. The lowest BCUT2D eigenvalue weighted by molar-refractivity contribution is -0.384. The highest BCUT2D eigenvalue weighted by atomic mass is 35.5. The Kier molecular flexibility index (Phi) is 4.87. The number of halogens is 1. The van der Waals surface area contributed by atoms with Crippen molar-refractivity contribution in [2.24, 2.45) is 0 Å². The van der Waals surface area contributed by atoms with Gasteiger partial charge in [0, 0.05) is 18.2 Å². The lowest BCUT2D eigenvalue weighted by atomic mass is 10.0. The molecule has 18 heavy (non-hydrogen) atoms. The molecule has 0 saturated carbocycles. The molecule has 0 radical (unpaired) electrons. The number of hydrogen-bond acceptors (Lipinski definition) is 3. The second-order valence-electron chi connectivity index (χ2n) is 4.57. The first kappa shape index (κ1) is 14.7. The molecular formula is C13H17ClN2O2. The van der Waals surface area contributed by atoms with Crippen LogP contribution < -0.4 is 0 Å². The Bertz CT molecular complexity index is 472. The first-order chi connectivity index (χ1) is 8.08. The van der Waals surface area contributed by atoms with Crippen molar-refractivity contribution < 1.29 is 4.92 Å². The maximum absolute atomic E-state index is 10.7. The molecule has 1 aromatic carbocycles. The van der Waals surface area contributed by atoms with Crippen LogP contribution >= 0.6 is 12.4 Å². The predicted molar refractivity (Wildman–Crippen MR) is 75.2 cm³/mol. The second-order valence-corrected chi connectivity index (χ2v) is 4.57. The van der Waals surface area contributed by atoms with Gasteiger partial charge in [-0.1, -0.05) is 18.2 Å². The van der Waals surface area contributed by atoms with Crippen LogP contribution in [0.25, 0.3) is 6.08 Å². The minimum absolute atomic E-state index is 0. The summed E-state index contributed by atoms with van der Waals surface area (Å²) < 4.78 is 0. The van der Waals surface area contributed by atoms with Crippen molar-refractivity contribution in [3.05, 3.63) is 45.5 Å². The second kappa shape index (κ2) is 5.98. The van der Waals surface area contributed by atoms with E-state index in [4.69, 9.17) is 0 Å². The number of non-ortho nitro benzene ring substituents is 1. The van der Waals surface area contributed by atoms with Crippen molar-refractivity contribution in [3.63, 3.8) is 0 Å². The maximum atomic E-state index is 10.7. The third kappa shape index (κ3) is 3.09. The van der Waals surface area contributed by atoms with Crippen LogP contribution in [0.2, 0.25) is 0 Å². The molecule has 0 heterocycles. The molecule has 1 aliphatic rings. The third-order valence-corrected chi connectivity index (χ3v) is 3.21. The van der Waals surface area contributed by atoms with E-state index in [1.54, 1.807) is 12.1 Å². The number of fused-ring (bicyclic) bond motifs is 1. The van der Waals surface area contributed by atoms with Crippen molar-refractivity contribution in [3.8, 4) is 0 Å². The SMILES string of the molecule is CN(C)C1C=Cc2cc([N+](=O)[O-])ccc2CC1.Cl. The summed E-state index contributed by atoms with van der Waals surface area (Å²) in [4.78, 5) is 12.5. The number of aryl methyl sites for hydroxylation is 1. The molecule has 1 aromatic rings. The van der Waals surface area contributed by atoms with E-state index in [0.29, 0.717) is 6.04 Å². The van der Waals surface area contributed by atoms with Crippen LogP contribution in [-0.4, -0.2) is 30.0 Å². The topological polar surface area (TPSA) is 46.4 Å². The zero-order valence-corrected chi connectivity index (χ0v) is 11.3. The van der Waals surface area contributed by atoms with Gasteiger partial charge in [0.15, 0.2) is 0 Å². The number of nitro benzene ring substituents is 1. The molecule has 0 bridgehead atoms. The maximum Gasteiger partial charge on any atom is 0.270 e. The van der Waals surface area contributed by atoms with E-state index in [2.05, 4.69) is 11.0 Å². The molecular weight excluding hydrogens is 252 g/mol. The van der Waals surface area contributed by atoms with Gasteiger partial charge in [0.05, 0.1) is 4.92 Å². The lowest BCUT2D eigenvalue weighted by Gasteiger charge is -2.19. The monoisotopic (exact) mass is 268 g/mol. The molecule has 1 unspecified atom stereocenters. The van der Waals surface area contributed by atoms with Gasteiger partial charge < -0.3 is 4.90 Å². The molecule has 0 aromatic heterocycles. The lowest BCUT2D eigenvalue weighted by Crippen LogP contribution is -2.25. The summed E-state index contributed by atoms with van der Waals surface area (Å²) in [6.45, 7) is 0. The van der Waals surface area contributed by atoms with Crippen LogP contribution in [0.1, 0.15) is 17.5 Å². The smallest absolute Gasteiger partial charge is 0.270 e. The number of benzene rings is 1. The molecule has 98 valence electrons. The van der Waals surface area contributed by atoms with E-state index in [-0.39, 0.29) is 23.0 Å². The van der Waals surface area contributed by atoms with Crippen molar-refractivity contribution in [1.29, 1.82) is 0 Å². The Morgan fingerprint density at radius 2 is 2.11 bits per heavy atom. The van der Waals surface area contributed by atoms with Gasteiger partial charge in [-0.2, -0.15) is 0 Å². The Morgan fingerprint density at radius 1 is 1.39 bits per heavy atom. The van der Waals surface area contributed by atoms with E-state index >= 15 is 0 Å². The number of hydrogen-bond donors (Lipinski definition) is 0. The number of likely N-dealkylation sites (N-methyl/N-ethyl adjacent to an activating group) is 1. The van der Waals surface area contributed by atoms with Crippen molar-refractivity contribution in [2.75, 3.05) is 14.1 Å². The van der Waals surface area contributed by atoms with E-state index in [1.165, 1.54) is 5.56 Å². The van der Waals surface area contributed by atoms with Gasteiger partial charge in [0.1, 0.15) is 0 Å². The van der Waals surface area contributed by atoms with Gasteiger partial charge in [-0.05, 0) is 38.1 Å². The van der Waals surface area contributed by atoms with E-state index in [9.17, 15) is 10.1 Å². The molecule has 0 saturated heterocycles. The minimum Gasteiger partial charge on any atom is -0.303 e. The first-order valence-electron chi connectivity index (χ1n) is 5.70. The Labute approximate surface area is 113 Å². The van der Waals surface area contributed by atoms with Gasteiger partial charge in [-0.15, -0.1) is 12.4 Å². The van der Waals surface area contributed by atoms with Gasteiger partial charge in [-0.3, -0.25) is 10.1 Å². The van der Waals surface area contributed by atoms with Crippen LogP contribution in [0.15, 0.2) is 24.3 Å². The van der Waals surface area contributed by atoms with Crippen LogP contribution in [0.3, 0.4) is 0 Å².